The molecule has 0 radical (unpaired) electrons. The van der Waals surface area contributed by atoms with Gasteiger partial charge in [0.15, 0.2) is 0 Å². The predicted octanol–water partition coefficient (Wildman–Crippen LogP) is 3.19. The summed E-state index contributed by atoms with van der Waals surface area (Å²) in [5, 5.41) is 13.0. The first-order chi connectivity index (χ1) is 10.4. The summed E-state index contributed by atoms with van der Waals surface area (Å²) in [6.45, 7) is 5.45. The van der Waals surface area contributed by atoms with Crippen LogP contribution in [0.4, 0.5) is 0 Å². The van der Waals surface area contributed by atoms with E-state index in [9.17, 15) is 9.90 Å². The number of halogens is 1. The summed E-state index contributed by atoms with van der Waals surface area (Å²) >= 11 is 6.06. The zero-order valence-corrected chi connectivity index (χ0v) is 13.5. The second-order valence-electron chi connectivity index (χ2n) is 5.39. The first-order valence-electron chi connectivity index (χ1n) is 7.04. The topological polar surface area (TPSA) is 75.4 Å². The van der Waals surface area contributed by atoms with E-state index in [0.717, 1.165) is 11.3 Å². The van der Waals surface area contributed by atoms with Gasteiger partial charge in [-0.05, 0) is 44.5 Å². The van der Waals surface area contributed by atoms with Crippen LogP contribution in [0.1, 0.15) is 46.8 Å². The number of aliphatic hydroxyl groups is 1. The SMILES string of the molecule is Cc1cc(C)c(C(=O)NC(C)CC(O)c2ccco2)c(Cl)n1. The maximum atomic E-state index is 12.3. The maximum Gasteiger partial charge on any atom is 0.254 e. The van der Waals surface area contributed by atoms with Crippen LogP contribution in [0.25, 0.3) is 0 Å². The van der Waals surface area contributed by atoms with Crippen molar-refractivity contribution >= 4 is 17.5 Å². The Hall–Kier alpha value is -1.85. The van der Waals surface area contributed by atoms with E-state index in [1.54, 1.807) is 12.1 Å². The van der Waals surface area contributed by atoms with Crippen molar-refractivity contribution in [2.75, 3.05) is 0 Å². The molecule has 2 N–H and O–H groups in total. The summed E-state index contributed by atoms with van der Waals surface area (Å²) in [4.78, 5) is 16.4. The number of rotatable bonds is 5. The quantitative estimate of drug-likeness (QED) is 0.829. The highest BCUT2D eigenvalue weighted by molar-refractivity contribution is 6.32. The number of carbonyl (C=O) groups is 1. The lowest BCUT2D eigenvalue weighted by Crippen LogP contribution is -2.34. The van der Waals surface area contributed by atoms with Crippen LogP contribution in [-0.4, -0.2) is 22.0 Å². The Morgan fingerprint density at radius 1 is 1.50 bits per heavy atom. The van der Waals surface area contributed by atoms with Gasteiger partial charge in [0.1, 0.15) is 17.0 Å². The second-order valence-corrected chi connectivity index (χ2v) is 5.75. The number of carbonyl (C=O) groups excluding carboxylic acids is 1. The van der Waals surface area contributed by atoms with Crippen molar-refractivity contribution in [1.82, 2.24) is 10.3 Å². The average molecular weight is 323 g/mol. The van der Waals surface area contributed by atoms with Gasteiger partial charge in [-0.25, -0.2) is 4.98 Å². The van der Waals surface area contributed by atoms with Gasteiger partial charge in [0.2, 0.25) is 0 Å². The Morgan fingerprint density at radius 2 is 2.23 bits per heavy atom. The molecular formula is C16H19ClN2O3. The number of hydrogen-bond acceptors (Lipinski definition) is 4. The normalized spacial score (nSPS) is 13.7. The smallest absolute Gasteiger partial charge is 0.254 e. The lowest BCUT2D eigenvalue weighted by Gasteiger charge is -2.18. The molecule has 22 heavy (non-hydrogen) atoms. The molecule has 6 heteroatoms. The molecule has 2 aromatic rings. The summed E-state index contributed by atoms with van der Waals surface area (Å²) in [5.74, 6) is 0.182. The molecule has 0 saturated heterocycles. The molecule has 0 fully saturated rings. The fourth-order valence-corrected chi connectivity index (χ4v) is 2.72. The van der Waals surface area contributed by atoms with Crippen LogP contribution < -0.4 is 5.32 Å². The van der Waals surface area contributed by atoms with Crippen LogP contribution in [0.15, 0.2) is 28.9 Å². The molecule has 2 rings (SSSR count). The summed E-state index contributed by atoms with van der Waals surface area (Å²) in [5.41, 5.74) is 1.90. The minimum atomic E-state index is -0.766. The number of aromatic nitrogens is 1. The van der Waals surface area contributed by atoms with E-state index >= 15 is 0 Å². The number of aryl methyl sites for hydroxylation is 2. The highest BCUT2D eigenvalue weighted by Gasteiger charge is 2.20. The molecule has 2 atom stereocenters. The molecule has 0 aliphatic heterocycles. The van der Waals surface area contributed by atoms with Crippen molar-refractivity contribution in [3.63, 3.8) is 0 Å². The highest BCUT2D eigenvalue weighted by Crippen LogP contribution is 2.21. The van der Waals surface area contributed by atoms with Gasteiger partial charge in [-0.2, -0.15) is 0 Å². The number of pyridine rings is 1. The van der Waals surface area contributed by atoms with Gasteiger partial charge in [0, 0.05) is 18.2 Å². The highest BCUT2D eigenvalue weighted by atomic mass is 35.5. The third-order valence-corrected chi connectivity index (χ3v) is 3.63. The summed E-state index contributed by atoms with van der Waals surface area (Å²) < 4.78 is 5.14. The zero-order valence-electron chi connectivity index (χ0n) is 12.8. The number of amides is 1. The lowest BCUT2D eigenvalue weighted by molar-refractivity contribution is 0.0902. The summed E-state index contributed by atoms with van der Waals surface area (Å²) in [6, 6.07) is 4.97. The lowest BCUT2D eigenvalue weighted by atomic mass is 10.1. The minimum absolute atomic E-state index is 0.189. The molecule has 2 unspecified atom stereocenters. The molecule has 0 aromatic carbocycles. The van der Waals surface area contributed by atoms with E-state index in [0.29, 0.717) is 17.7 Å². The van der Waals surface area contributed by atoms with E-state index in [1.807, 2.05) is 26.8 Å². The van der Waals surface area contributed by atoms with Gasteiger partial charge < -0.3 is 14.8 Å². The van der Waals surface area contributed by atoms with Crippen molar-refractivity contribution in [1.29, 1.82) is 0 Å². The van der Waals surface area contributed by atoms with Crippen LogP contribution in [0, 0.1) is 13.8 Å². The molecule has 5 nitrogen and oxygen atoms in total. The van der Waals surface area contributed by atoms with E-state index in [2.05, 4.69) is 10.3 Å². The van der Waals surface area contributed by atoms with Gasteiger partial charge in [-0.15, -0.1) is 0 Å². The fraction of sp³-hybridized carbons (Fsp3) is 0.375. The van der Waals surface area contributed by atoms with E-state index in [4.69, 9.17) is 16.0 Å². The van der Waals surface area contributed by atoms with Crippen molar-refractivity contribution < 1.29 is 14.3 Å². The summed E-state index contributed by atoms with van der Waals surface area (Å²) in [6.07, 6.45) is 1.08. The Balaban J connectivity index is 2.03. The Bertz CT molecular complexity index is 632. The Labute approximate surface area is 134 Å². The number of furan rings is 1. The van der Waals surface area contributed by atoms with Gasteiger partial charge in [0.05, 0.1) is 11.8 Å². The van der Waals surface area contributed by atoms with Gasteiger partial charge >= 0.3 is 0 Å². The number of nitrogens with one attached hydrogen (secondary N) is 1. The first kappa shape index (κ1) is 16.5. The molecule has 0 aliphatic rings. The third-order valence-electron chi connectivity index (χ3n) is 3.35. The largest absolute Gasteiger partial charge is 0.467 e. The van der Waals surface area contributed by atoms with Gasteiger partial charge in [-0.1, -0.05) is 11.6 Å². The molecule has 0 bridgehead atoms. The molecular weight excluding hydrogens is 304 g/mol. The van der Waals surface area contributed by atoms with Crippen LogP contribution >= 0.6 is 11.6 Å². The molecule has 118 valence electrons. The molecule has 0 saturated carbocycles. The minimum Gasteiger partial charge on any atom is -0.467 e. The van der Waals surface area contributed by atoms with Gasteiger partial charge in [-0.3, -0.25) is 4.79 Å². The van der Waals surface area contributed by atoms with Crippen LogP contribution in [0.3, 0.4) is 0 Å². The molecule has 1 amide bonds. The molecule has 2 aromatic heterocycles. The Morgan fingerprint density at radius 3 is 2.82 bits per heavy atom. The Kier molecular flexibility index (Phi) is 5.21. The number of hydrogen-bond donors (Lipinski definition) is 2. The van der Waals surface area contributed by atoms with Crippen LogP contribution in [0.2, 0.25) is 5.15 Å². The van der Waals surface area contributed by atoms with Crippen LogP contribution in [-0.2, 0) is 0 Å². The third kappa shape index (κ3) is 3.87. The summed E-state index contributed by atoms with van der Waals surface area (Å²) in [7, 11) is 0. The molecule has 0 spiro atoms. The fourth-order valence-electron chi connectivity index (χ4n) is 2.35. The zero-order chi connectivity index (χ0) is 16.3. The monoisotopic (exact) mass is 322 g/mol. The van der Waals surface area contributed by atoms with Crippen molar-refractivity contribution in [3.05, 3.63) is 52.2 Å². The average Bonchev–Trinajstić information content (AvgIpc) is 2.90. The molecule has 2 heterocycles. The second kappa shape index (κ2) is 6.94. The standard InChI is InChI=1S/C16H19ClN2O3/c1-9-7-10(2)18-15(17)14(9)16(21)19-11(3)8-12(20)13-5-4-6-22-13/h4-7,11-12,20H,8H2,1-3H3,(H,19,21). The van der Waals surface area contributed by atoms with E-state index in [-0.39, 0.29) is 17.1 Å². The van der Waals surface area contributed by atoms with Crippen molar-refractivity contribution in [2.24, 2.45) is 0 Å². The maximum absolute atomic E-state index is 12.3. The number of nitrogens with zero attached hydrogens (tertiary/aromatic N) is 1. The van der Waals surface area contributed by atoms with Gasteiger partial charge in [0.25, 0.3) is 5.91 Å². The predicted molar refractivity (Wildman–Crippen MR) is 83.9 cm³/mol. The molecule has 0 aliphatic carbocycles. The van der Waals surface area contributed by atoms with Crippen molar-refractivity contribution in [2.45, 2.75) is 39.3 Å². The first-order valence-corrected chi connectivity index (χ1v) is 7.42. The number of aliphatic hydroxyl groups excluding tert-OH is 1. The van der Waals surface area contributed by atoms with Crippen molar-refractivity contribution in [3.8, 4) is 0 Å². The van der Waals surface area contributed by atoms with E-state index < -0.39 is 6.10 Å². The van der Waals surface area contributed by atoms with E-state index in [1.165, 1.54) is 6.26 Å². The van der Waals surface area contributed by atoms with Crippen LogP contribution in [0.5, 0.6) is 0 Å².